The number of rotatable bonds is 4. The molecule has 3 heterocycles. The number of carbonyl (C=O) groups is 1. The summed E-state index contributed by atoms with van der Waals surface area (Å²) in [6.07, 6.45) is 5.73. The molecule has 0 aliphatic carbocycles. The van der Waals surface area contributed by atoms with Crippen molar-refractivity contribution in [1.29, 1.82) is 0 Å². The summed E-state index contributed by atoms with van der Waals surface area (Å²) in [6, 6.07) is 7.31. The summed E-state index contributed by atoms with van der Waals surface area (Å²) in [5.41, 5.74) is 1.04. The molecule has 2 aromatic rings. The Kier molecular flexibility index (Phi) is 3.67. The van der Waals surface area contributed by atoms with Gasteiger partial charge in [0.1, 0.15) is 5.82 Å². The zero-order valence-corrected chi connectivity index (χ0v) is 11.2. The first-order chi connectivity index (χ1) is 9.83. The van der Waals surface area contributed by atoms with E-state index in [0.29, 0.717) is 12.3 Å². The van der Waals surface area contributed by atoms with Crippen molar-refractivity contribution in [3.05, 3.63) is 48.0 Å². The molecule has 3 rings (SSSR count). The predicted molar refractivity (Wildman–Crippen MR) is 75.6 cm³/mol. The Morgan fingerprint density at radius 3 is 2.95 bits per heavy atom. The maximum atomic E-state index is 11.8. The fourth-order valence-electron chi connectivity index (χ4n) is 2.37. The lowest BCUT2D eigenvalue weighted by atomic mass is 10.2. The molecule has 0 unspecified atom stereocenters. The van der Waals surface area contributed by atoms with Crippen LogP contribution >= 0.6 is 0 Å². The number of hydrogen-bond acceptors (Lipinski definition) is 4. The van der Waals surface area contributed by atoms with Crippen LogP contribution in [0.4, 0.5) is 5.82 Å². The summed E-state index contributed by atoms with van der Waals surface area (Å²) in [5.74, 6) is 1.13. The highest BCUT2D eigenvalue weighted by atomic mass is 16.3. The summed E-state index contributed by atoms with van der Waals surface area (Å²) < 4.78 is 5.06. The van der Waals surface area contributed by atoms with Gasteiger partial charge in [-0.15, -0.1) is 0 Å². The Bertz CT molecular complexity index is 575. The van der Waals surface area contributed by atoms with Crippen LogP contribution in [0.15, 0.2) is 41.1 Å². The highest BCUT2D eigenvalue weighted by Crippen LogP contribution is 2.18. The molecule has 1 aliphatic rings. The molecule has 0 saturated carbocycles. The van der Waals surface area contributed by atoms with Crippen LogP contribution in [0.2, 0.25) is 0 Å². The number of hydrogen-bond donors (Lipinski definition) is 1. The van der Waals surface area contributed by atoms with Gasteiger partial charge in [0.15, 0.2) is 5.76 Å². The van der Waals surface area contributed by atoms with E-state index in [1.807, 2.05) is 12.1 Å². The van der Waals surface area contributed by atoms with E-state index in [-0.39, 0.29) is 5.91 Å². The normalized spacial score (nSPS) is 14.5. The monoisotopic (exact) mass is 271 g/mol. The molecule has 0 atom stereocenters. The largest absolute Gasteiger partial charge is 0.459 e. The van der Waals surface area contributed by atoms with E-state index in [1.54, 1.807) is 18.3 Å². The van der Waals surface area contributed by atoms with Gasteiger partial charge in [-0.2, -0.15) is 0 Å². The Morgan fingerprint density at radius 1 is 1.35 bits per heavy atom. The third-order valence-corrected chi connectivity index (χ3v) is 3.44. The molecular formula is C15H17N3O2. The van der Waals surface area contributed by atoms with Gasteiger partial charge in [0.2, 0.25) is 0 Å². The fraction of sp³-hybridized carbons (Fsp3) is 0.333. The van der Waals surface area contributed by atoms with Gasteiger partial charge in [-0.25, -0.2) is 4.98 Å². The Balaban J connectivity index is 1.62. The maximum Gasteiger partial charge on any atom is 0.287 e. The maximum absolute atomic E-state index is 11.8. The molecule has 1 saturated heterocycles. The second-order valence-corrected chi connectivity index (χ2v) is 4.88. The summed E-state index contributed by atoms with van der Waals surface area (Å²) in [5, 5.41) is 2.84. The minimum atomic E-state index is -0.200. The first-order valence-corrected chi connectivity index (χ1v) is 6.84. The minimum absolute atomic E-state index is 0.200. The van der Waals surface area contributed by atoms with E-state index in [9.17, 15) is 4.79 Å². The number of nitrogens with zero attached hydrogens (tertiary/aromatic N) is 2. The quantitative estimate of drug-likeness (QED) is 0.926. The van der Waals surface area contributed by atoms with Crippen LogP contribution in [0.25, 0.3) is 0 Å². The van der Waals surface area contributed by atoms with Crippen LogP contribution in [0, 0.1) is 0 Å². The van der Waals surface area contributed by atoms with Crippen molar-refractivity contribution in [2.24, 2.45) is 0 Å². The summed E-state index contributed by atoms with van der Waals surface area (Å²) in [7, 11) is 0. The standard InChI is InChI=1S/C15H17N3O2/c19-15(13-4-3-9-20-13)17-11-12-5-6-16-14(10-12)18-7-1-2-8-18/h3-6,9-10H,1-2,7-8,11H2,(H,17,19). The van der Waals surface area contributed by atoms with Gasteiger partial charge in [0.25, 0.3) is 5.91 Å². The van der Waals surface area contributed by atoms with Crippen molar-refractivity contribution in [2.45, 2.75) is 19.4 Å². The van der Waals surface area contributed by atoms with Gasteiger partial charge in [-0.3, -0.25) is 4.79 Å². The van der Waals surface area contributed by atoms with Crippen molar-refractivity contribution < 1.29 is 9.21 Å². The third kappa shape index (κ3) is 2.82. The first-order valence-electron chi connectivity index (χ1n) is 6.84. The Morgan fingerprint density at radius 2 is 2.20 bits per heavy atom. The van der Waals surface area contributed by atoms with Crippen LogP contribution in [0.5, 0.6) is 0 Å². The molecular weight excluding hydrogens is 254 g/mol. The summed E-state index contributed by atoms with van der Waals surface area (Å²) in [6.45, 7) is 2.60. The average molecular weight is 271 g/mol. The lowest BCUT2D eigenvalue weighted by molar-refractivity contribution is 0.0923. The van der Waals surface area contributed by atoms with Crippen LogP contribution in [-0.4, -0.2) is 24.0 Å². The molecule has 0 bridgehead atoms. The summed E-state index contributed by atoms with van der Waals surface area (Å²) in [4.78, 5) is 18.5. The van der Waals surface area contributed by atoms with E-state index < -0.39 is 0 Å². The number of furan rings is 1. The molecule has 104 valence electrons. The molecule has 0 radical (unpaired) electrons. The SMILES string of the molecule is O=C(NCc1ccnc(N2CCCC2)c1)c1ccco1. The highest BCUT2D eigenvalue weighted by molar-refractivity contribution is 5.91. The zero-order valence-electron chi connectivity index (χ0n) is 11.2. The number of pyridine rings is 1. The van der Waals surface area contributed by atoms with E-state index in [4.69, 9.17) is 4.42 Å². The van der Waals surface area contributed by atoms with E-state index in [1.165, 1.54) is 19.1 Å². The van der Waals surface area contributed by atoms with Crippen LogP contribution in [0.3, 0.4) is 0 Å². The number of carbonyl (C=O) groups excluding carboxylic acids is 1. The molecule has 1 amide bonds. The molecule has 5 heteroatoms. The topological polar surface area (TPSA) is 58.4 Å². The number of amides is 1. The molecule has 20 heavy (non-hydrogen) atoms. The first kappa shape index (κ1) is 12.7. The van der Waals surface area contributed by atoms with Crippen LogP contribution in [0.1, 0.15) is 29.0 Å². The van der Waals surface area contributed by atoms with E-state index >= 15 is 0 Å². The molecule has 1 aliphatic heterocycles. The predicted octanol–water partition coefficient (Wildman–Crippen LogP) is 2.20. The van der Waals surface area contributed by atoms with Gasteiger partial charge >= 0.3 is 0 Å². The second-order valence-electron chi connectivity index (χ2n) is 4.88. The number of aromatic nitrogens is 1. The van der Waals surface area contributed by atoms with Crippen molar-refractivity contribution in [1.82, 2.24) is 10.3 Å². The molecule has 5 nitrogen and oxygen atoms in total. The van der Waals surface area contributed by atoms with Crippen molar-refractivity contribution >= 4 is 11.7 Å². The molecule has 0 spiro atoms. The third-order valence-electron chi connectivity index (χ3n) is 3.44. The zero-order chi connectivity index (χ0) is 13.8. The van der Waals surface area contributed by atoms with Gasteiger partial charge in [-0.05, 0) is 42.7 Å². The molecule has 1 fully saturated rings. The van der Waals surface area contributed by atoms with E-state index in [2.05, 4.69) is 15.2 Å². The van der Waals surface area contributed by atoms with Crippen LogP contribution < -0.4 is 10.2 Å². The highest BCUT2D eigenvalue weighted by Gasteiger charge is 2.14. The van der Waals surface area contributed by atoms with Crippen LogP contribution in [-0.2, 0) is 6.54 Å². The van der Waals surface area contributed by atoms with Gasteiger partial charge in [-0.1, -0.05) is 0 Å². The molecule has 2 aromatic heterocycles. The van der Waals surface area contributed by atoms with Gasteiger partial charge < -0.3 is 14.6 Å². The number of nitrogens with one attached hydrogen (secondary N) is 1. The Labute approximate surface area is 117 Å². The summed E-state index contributed by atoms with van der Waals surface area (Å²) >= 11 is 0. The smallest absolute Gasteiger partial charge is 0.287 e. The second kappa shape index (κ2) is 5.77. The van der Waals surface area contributed by atoms with Crippen molar-refractivity contribution in [3.63, 3.8) is 0 Å². The van der Waals surface area contributed by atoms with Gasteiger partial charge in [0.05, 0.1) is 6.26 Å². The number of anilines is 1. The average Bonchev–Trinajstić information content (AvgIpc) is 3.17. The van der Waals surface area contributed by atoms with E-state index in [0.717, 1.165) is 24.5 Å². The van der Waals surface area contributed by atoms with Crippen molar-refractivity contribution in [3.8, 4) is 0 Å². The lowest BCUT2D eigenvalue weighted by Gasteiger charge is -2.16. The van der Waals surface area contributed by atoms with Crippen molar-refractivity contribution in [2.75, 3.05) is 18.0 Å². The Hall–Kier alpha value is -2.30. The molecule has 0 aromatic carbocycles. The van der Waals surface area contributed by atoms with Gasteiger partial charge in [0, 0.05) is 25.8 Å². The molecule has 1 N–H and O–H groups in total. The fourth-order valence-corrected chi connectivity index (χ4v) is 2.37. The lowest BCUT2D eigenvalue weighted by Crippen LogP contribution is -2.23. The minimum Gasteiger partial charge on any atom is -0.459 e.